The number of nitrogens with one attached hydrogen (secondary N) is 1. The maximum atomic E-state index is 14.1. The fourth-order valence-electron chi connectivity index (χ4n) is 5.10. The molecule has 0 radical (unpaired) electrons. The summed E-state index contributed by atoms with van der Waals surface area (Å²) in [6.45, 7) is 4.43. The van der Waals surface area contributed by atoms with E-state index in [1.165, 1.54) is 17.4 Å². The third kappa shape index (κ3) is 5.39. The Labute approximate surface area is 209 Å². The minimum Gasteiger partial charge on any atom is -0.378 e. The zero-order chi connectivity index (χ0) is 25.1. The Morgan fingerprint density at radius 1 is 1.08 bits per heavy atom. The van der Waals surface area contributed by atoms with Gasteiger partial charge in [-0.3, -0.25) is 4.57 Å². The second-order valence-corrected chi connectivity index (χ2v) is 9.64. The van der Waals surface area contributed by atoms with E-state index < -0.39 is 6.43 Å². The first-order valence-corrected chi connectivity index (χ1v) is 12.7. The molecule has 1 aliphatic carbocycles. The maximum absolute atomic E-state index is 14.1. The van der Waals surface area contributed by atoms with Crippen LogP contribution in [0.25, 0.3) is 16.9 Å². The van der Waals surface area contributed by atoms with Crippen molar-refractivity contribution in [1.29, 1.82) is 0 Å². The number of anilines is 1. The Morgan fingerprint density at radius 3 is 2.56 bits per heavy atom. The molecule has 2 fully saturated rings. The van der Waals surface area contributed by atoms with Crippen molar-refractivity contribution in [2.45, 2.75) is 51.5 Å². The minimum atomic E-state index is -2.75. The van der Waals surface area contributed by atoms with E-state index in [4.69, 9.17) is 4.74 Å². The van der Waals surface area contributed by atoms with Crippen molar-refractivity contribution in [1.82, 2.24) is 24.8 Å². The molecule has 1 saturated carbocycles. The van der Waals surface area contributed by atoms with Crippen LogP contribution < -0.4 is 10.2 Å². The second-order valence-electron chi connectivity index (χ2n) is 9.64. The number of morpholine rings is 1. The normalized spacial score (nSPS) is 21.2. The third-order valence-electron chi connectivity index (χ3n) is 7.18. The molecule has 2 aliphatic rings. The molecule has 3 aromatic rings. The summed E-state index contributed by atoms with van der Waals surface area (Å²) in [5.74, 6) is 1.52. The molecule has 1 aromatic carbocycles. The highest BCUT2D eigenvalue weighted by Crippen LogP contribution is 2.31. The number of aliphatic imine (C=N–C) groups is 1. The van der Waals surface area contributed by atoms with Gasteiger partial charge < -0.3 is 15.0 Å². The summed E-state index contributed by atoms with van der Waals surface area (Å²) in [7, 11) is 2.02. The Hall–Kier alpha value is -2.98. The Kier molecular flexibility index (Phi) is 7.52. The summed E-state index contributed by atoms with van der Waals surface area (Å²) in [4.78, 5) is 20.2. The van der Waals surface area contributed by atoms with Crippen LogP contribution in [0.15, 0.2) is 29.3 Å². The molecular formula is C26H33F2N7O. The van der Waals surface area contributed by atoms with E-state index in [9.17, 15) is 8.78 Å². The number of nitrogens with zero attached hydrogens (tertiary/aromatic N) is 6. The van der Waals surface area contributed by atoms with Crippen LogP contribution in [0.4, 0.5) is 20.5 Å². The van der Waals surface area contributed by atoms with Crippen LogP contribution in [0.5, 0.6) is 0 Å². The second kappa shape index (κ2) is 11.0. The van der Waals surface area contributed by atoms with Gasteiger partial charge in [0, 0.05) is 31.4 Å². The van der Waals surface area contributed by atoms with Crippen LogP contribution in [-0.2, 0) is 4.74 Å². The standard InChI is InChI=1S/C26H33F2N7O/c1-17-3-8-20-21(15-17)35(25(31-20)24(27)28)23-16-22(34-11-13-36-14-12-34)32-26(33-23)30-10-9-18-4-6-19(29-2)7-5-18/h3,8,10,15-16,18-19,24,29H,4-7,9,11-14H2,1-2H3. The van der Waals surface area contributed by atoms with Crippen LogP contribution >= 0.6 is 0 Å². The van der Waals surface area contributed by atoms with Gasteiger partial charge >= 0.3 is 0 Å². The third-order valence-corrected chi connectivity index (χ3v) is 7.18. The van der Waals surface area contributed by atoms with Crippen LogP contribution in [0.1, 0.15) is 49.9 Å². The van der Waals surface area contributed by atoms with Gasteiger partial charge in [-0.05, 0) is 69.7 Å². The lowest BCUT2D eigenvalue weighted by Crippen LogP contribution is -2.36. The molecule has 2 aromatic heterocycles. The summed E-state index contributed by atoms with van der Waals surface area (Å²) in [6.07, 6.45) is 4.66. The monoisotopic (exact) mass is 497 g/mol. The van der Waals surface area contributed by atoms with Gasteiger partial charge in [-0.1, -0.05) is 6.07 Å². The number of hydrogen-bond acceptors (Lipinski definition) is 7. The molecule has 36 heavy (non-hydrogen) atoms. The number of halogens is 2. The van der Waals surface area contributed by atoms with Crippen molar-refractivity contribution in [2.24, 2.45) is 10.9 Å². The summed E-state index contributed by atoms with van der Waals surface area (Å²) in [5, 5.41) is 3.36. The number of hydrogen-bond donors (Lipinski definition) is 1. The molecule has 8 nitrogen and oxygen atoms in total. The summed E-state index contributed by atoms with van der Waals surface area (Å²) in [6, 6.07) is 7.84. The largest absolute Gasteiger partial charge is 0.378 e. The van der Waals surface area contributed by atoms with Crippen LogP contribution in [-0.4, -0.2) is 65.1 Å². The lowest BCUT2D eigenvalue weighted by molar-refractivity contribution is 0.122. The van der Waals surface area contributed by atoms with E-state index in [0.29, 0.717) is 60.9 Å². The average molecular weight is 498 g/mol. The molecule has 3 heterocycles. The van der Waals surface area contributed by atoms with E-state index in [2.05, 4.69) is 30.2 Å². The number of aryl methyl sites for hydroxylation is 1. The van der Waals surface area contributed by atoms with Gasteiger partial charge in [0.25, 0.3) is 12.4 Å². The molecule has 1 aliphatic heterocycles. The number of imidazole rings is 1. The zero-order valence-electron chi connectivity index (χ0n) is 20.8. The SMILES string of the molecule is CNC1CCC(CC=Nc2nc(N3CCOCC3)cc(-n3c(C(F)F)nc4ccc(C)cc43)n2)CC1. The van der Waals surface area contributed by atoms with E-state index in [0.717, 1.165) is 24.8 Å². The van der Waals surface area contributed by atoms with E-state index in [1.807, 2.05) is 32.3 Å². The number of alkyl halides is 2. The molecule has 0 amide bonds. The Bertz CT molecular complexity index is 1210. The van der Waals surface area contributed by atoms with Gasteiger partial charge in [0.1, 0.15) is 11.6 Å². The number of ether oxygens (including phenoxy) is 1. The highest BCUT2D eigenvalue weighted by Gasteiger charge is 2.24. The number of fused-ring (bicyclic) bond motifs is 1. The van der Waals surface area contributed by atoms with Crippen molar-refractivity contribution in [3.05, 3.63) is 35.7 Å². The zero-order valence-corrected chi connectivity index (χ0v) is 20.8. The highest BCUT2D eigenvalue weighted by atomic mass is 19.3. The number of rotatable bonds is 7. The van der Waals surface area contributed by atoms with Crippen LogP contribution in [0.2, 0.25) is 0 Å². The van der Waals surface area contributed by atoms with E-state index in [1.54, 1.807) is 12.1 Å². The smallest absolute Gasteiger partial charge is 0.296 e. The summed E-state index contributed by atoms with van der Waals surface area (Å²) >= 11 is 0. The van der Waals surface area contributed by atoms with Crippen molar-refractivity contribution in [2.75, 3.05) is 38.3 Å². The van der Waals surface area contributed by atoms with Gasteiger partial charge in [0.15, 0.2) is 5.82 Å². The topological polar surface area (TPSA) is 80.5 Å². The fourth-order valence-corrected chi connectivity index (χ4v) is 5.10. The van der Waals surface area contributed by atoms with Crippen LogP contribution in [0.3, 0.4) is 0 Å². The molecule has 0 spiro atoms. The summed E-state index contributed by atoms with van der Waals surface area (Å²) < 4.78 is 35.1. The lowest BCUT2D eigenvalue weighted by atomic mass is 9.84. The van der Waals surface area contributed by atoms with Gasteiger partial charge in [-0.2, -0.15) is 9.97 Å². The molecular weight excluding hydrogens is 464 g/mol. The molecule has 0 atom stereocenters. The molecule has 1 saturated heterocycles. The Morgan fingerprint density at radius 2 is 1.83 bits per heavy atom. The first-order chi connectivity index (χ1) is 17.5. The maximum Gasteiger partial charge on any atom is 0.296 e. The van der Waals surface area contributed by atoms with Gasteiger partial charge in [0.2, 0.25) is 0 Å². The number of benzene rings is 1. The minimum absolute atomic E-state index is 0.271. The summed E-state index contributed by atoms with van der Waals surface area (Å²) in [5.41, 5.74) is 2.05. The first kappa shape index (κ1) is 24.7. The average Bonchev–Trinajstić information content (AvgIpc) is 3.28. The van der Waals surface area contributed by atoms with Crippen molar-refractivity contribution in [3.63, 3.8) is 0 Å². The van der Waals surface area contributed by atoms with Gasteiger partial charge in [0.05, 0.1) is 24.2 Å². The molecule has 1 N–H and O–H groups in total. The predicted octanol–water partition coefficient (Wildman–Crippen LogP) is 4.77. The highest BCUT2D eigenvalue weighted by molar-refractivity contribution is 5.79. The lowest BCUT2D eigenvalue weighted by Gasteiger charge is -2.28. The molecule has 0 unspecified atom stereocenters. The van der Waals surface area contributed by atoms with Crippen molar-refractivity contribution < 1.29 is 13.5 Å². The van der Waals surface area contributed by atoms with E-state index in [-0.39, 0.29) is 11.8 Å². The van der Waals surface area contributed by atoms with Crippen LogP contribution in [0, 0.1) is 12.8 Å². The predicted molar refractivity (Wildman–Crippen MR) is 137 cm³/mol. The quantitative estimate of drug-likeness (QED) is 0.474. The molecule has 192 valence electrons. The fraction of sp³-hybridized carbons (Fsp3) is 0.538. The molecule has 0 bridgehead atoms. The van der Waals surface area contributed by atoms with Crippen molar-refractivity contribution >= 4 is 29.0 Å². The molecule has 5 rings (SSSR count). The number of aromatic nitrogens is 4. The van der Waals surface area contributed by atoms with E-state index >= 15 is 0 Å². The van der Waals surface area contributed by atoms with Gasteiger partial charge in [-0.25, -0.2) is 18.8 Å². The Balaban J connectivity index is 1.50. The van der Waals surface area contributed by atoms with Crippen molar-refractivity contribution in [3.8, 4) is 5.82 Å². The first-order valence-electron chi connectivity index (χ1n) is 12.7. The molecule has 10 heteroatoms. The van der Waals surface area contributed by atoms with Gasteiger partial charge in [-0.15, -0.1) is 0 Å².